The van der Waals surface area contributed by atoms with Gasteiger partial charge in [0.15, 0.2) is 0 Å². The Morgan fingerprint density at radius 2 is 1.83 bits per heavy atom. The lowest BCUT2D eigenvalue weighted by Crippen LogP contribution is -2.59. The number of carboxylic acid groups (broad SMARTS) is 1. The number of hydrogen-bond acceptors (Lipinski definition) is 4. The van der Waals surface area contributed by atoms with Crippen molar-refractivity contribution in [3.8, 4) is 0 Å². The van der Waals surface area contributed by atoms with Crippen LogP contribution >= 0.6 is 0 Å². The maximum atomic E-state index is 13.4. The van der Waals surface area contributed by atoms with Gasteiger partial charge in [-0.25, -0.2) is 4.79 Å². The topological polar surface area (TPSA) is 90.0 Å². The van der Waals surface area contributed by atoms with Gasteiger partial charge in [0.1, 0.15) is 6.04 Å². The van der Waals surface area contributed by atoms with E-state index in [-0.39, 0.29) is 35.4 Å². The molecule has 1 saturated carbocycles. The lowest BCUT2D eigenvalue weighted by molar-refractivity contribution is -0.141. The van der Waals surface area contributed by atoms with Crippen molar-refractivity contribution in [2.75, 3.05) is 20.6 Å². The molecule has 7 nitrogen and oxygen atoms in total. The fourth-order valence-electron chi connectivity index (χ4n) is 4.38. The fraction of sp³-hybridized carbons (Fsp3) is 0.773. The summed E-state index contributed by atoms with van der Waals surface area (Å²) in [6.45, 7) is 12.2. The number of piperidine rings is 1. The van der Waals surface area contributed by atoms with Crippen molar-refractivity contribution in [3.63, 3.8) is 0 Å². The third-order valence-corrected chi connectivity index (χ3v) is 6.28. The van der Waals surface area contributed by atoms with E-state index in [2.05, 4.69) is 10.2 Å². The van der Waals surface area contributed by atoms with Crippen molar-refractivity contribution in [1.82, 2.24) is 15.1 Å². The summed E-state index contributed by atoms with van der Waals surface area (Å²) in [6.07, 6.45) is 2.71. The molecule has 0 aromatic heterocycles. The van der Waals surface area contributed by atoms with Gasteiger partial charge < -0.3 is 15.3 Å². The van der Waals surface area contributed by atoms with Crippen molar-refractivity contribution in [2.24, 2.45) is 23.2 Å². The molecule has 5 atom stereocenters. The molecule has 2 rings (SSSR count). The summed E-state index contributed by atoms with van der Waals surface area (Å²) in [7, 11) is 3.65. The van der Waals surface area contributed by atoms with Crippen LogP contribution in [-0.4, -0.2) is 71.5 Å². The van der Waals surface area contributed by atoms with Gasteiger partial charge in [0.25, 0.3) is 0 Å². The molecule has 2 amide bonds. The standard InChI is InChI=1S/C22H37N3O4/c1-12(2)16(9-13(3)21(28)29)25(8)20(27)18(22(4,5)6)23-19(26)17-15-10-14(15)11-24(17)7/h9,12,14-18H,10-11H2,1-8H3,(H,23,26)(H,28,29)/t14?,15?,16-,17?,18-/m1/s1. The number of nitrogens with one attached hydrogen (secondary N) is 1. The minimum Gasteiger partial charge on any atom is -0.478 e. The minimum absolute atomic E-state index is 0.0303. The van der Waals surface area contributed by atoms with Gasteiger partial charge >= 0.3 is 5.97 Å². The van der Waals surface area contributed by atoms with Crippen molar-refractivity contribution in [2.45, 2.75) is 66.1 Å². The molecule has 3 unspecified atom stereocenters. The van der Waals surface area contributed by atoms with Crippen LogP contribution in [-0.2, 0) is 14.4 Å². The number of carbonyl (C=O) groups is 3. The first-order chi connectivity index (χ1) is 13.3. The largest absolute Gasteiger partial charge is 0.478 e. The van der Waals surface area contributed by atoms with Gasteiger partial charge in [0, 0.05) is 19.2 Å². The molecular formula is C22H37N3O4. The Hall–Kier alpha value is -1.89. The highest BCUT2D eigenvalue weighted by Gasteiger charge is 2.54. The maximum Gasteiger partial charge on any atom is 0.331 e. The zero-order valence-electron chi connectivity index (χ0n) is 19.0. The van der Waals surface area contributed by atoms with Crippen molar-refractivity contribution in [3.05, 3.63) is 11.6 Å². The number of aliphatic carboxylic acids is 1. The molecule has 1 saturated heterocycles. The number of nitrogens with zero attached hydrogens (tertiary/aromatic N) is 2. The van der Waals surface area contributed by atoms with E-state index in [0.717, 1.165) is 13.0 Å². The molecule has 0 bridgehead atoms. The highest BCUT2D eigenvalue weighted by molar-refractivity contribution is 5.91. The molecule has 7 heteroatoms. The predicted molar refractivity (Wildman–Crippen MR) is 112 cm³/mol. The molecule has 1 aliphatic carbocycles. The van der Waals surface area contributed by atoms with E-state index in [9.17, 15) is 19.5 Å². The van der Waals surface area contributed by atoms with Crippen LogP contribution in [0.5, 0.6) is 0 Å². The van der Waals surface area contributed by atoms with Gasteiger partial charge in [0.05, 0.1) is 12.1 Å². The SMILES string of the molecule is CC(=C[C@H](C(C)C)N(C)C(=O)[C@@H](NC(=O)C1C2CC2CN1C)C(C)(C)C)C(=O)O. The molecule has 2 fully saturated rings. The smallest absolute Gasteiger partial charge is 0.331 e. The summed E-state index contributed by atoms with van der Waals surface area (Å²) in [5.74, 6) is -0.248. The van der Waals surface area contributed by atoms with Crippen molar-refractivity contribution < 1.29 is 19.5 Å². The number of rotatable bonds is 7. The third-order valence-electron chi connectivity index (χ3n) is 6.28. The van der Waals surface area contributed by atoms with Crippen LogP contribution in [0.3, 0.4) is 0 Å². The quantitative estimate of drug-likeness (QED) is 0.630. The molecular weight excluding hydrogens is 370 g/mol. The summed E-state index contributed by atoms with van der Waals surface area (Å²) in [4.78, 5) is 41.4. The number of fused-ring (bicyclic) bond motifs is 1. The van der Waals surface area contributed by atoms with Gasteiger partial charge in [-0.1, -0.05) is 40.7 Å². The Kier molecular flexibility index (Phi) is 6.82. The van der Waals surface area contributed by atoms with Crippen LogP contribution in [0.25, 0.3) is 0 Å². The van der Waals surface area contributed by atoms with E-state index in [1.807, 2.05) is 41.7 Å². The second kappa shape index (κ2) is 8.46. The molecule has 164 valence electrons. The summed E-state index contributed by atoms with van der Waals surface area (Å²) >= 11 is 0. The van der Waals surface area contributed by atoms with Crippen LogP contribution in [0.15, 0.2) is 11.6 Å². The molecule has 2 aliphatic rings. The molecule has 0 aromatic rings. The van der Waals surface area contributed by atoms with Crippen LogP contribution in [0.1, 0.15) is 48.0 Å². The monoisotopic (exact) mass is 407 g/mol. The Morgan fingerprint density at radius 3 is 2.24 bits per heavy atom. The predicted octanol–water partition coefficient (Wildman–Crippen LogP) is 1.98. The van der Waals surface area contributed by atoms with Crippen molar-refractivity contribution in [1.29, 1.82) is 0 Å². The van der Waals surface area contributed by atoms with Crippen molar-refractivity contribution >= 4 is 17.8 Å². The minimum atomic E-state index is -1.000. The number of likely N-dealkylation sites (N-methyl/N-ethyl adjacent to an activating group) is 2. The molecule has 2 N–H and O–H groups in total. The molecule has 29 heavy (non-hydrogen) atoms. The molecule has 0 spiro atoms. The summed E-state index contributed by atoms with van der Waals surface area (Å²) in [5, 5.41) is 12.3. The Morgan fingerprint density at radius 1 is 1.24 bits per heavy atom. The van der Waals surface area contributed by atoms with E-state index in [1.54, 1.807) is 18.0 Å². The van der Waals surface area contributed by atoms with Gasteiger partial charge in [-0.2, -0.15) is 0 Å². The fourth-order valence-corrected chi connectivity index (χ4v) is 4.38. The van der Waals surface area contributed by atoms with Gasteiger partial charge in [-0.15, -0.1) is 0 Å². The molecule has 0 radical (unpaired) electrons. The lowest BCUT2D eigenvalue weighted by Gasteiger charge is -2.38. The zero-order valence-corrected chi connectivity index (χ0v) is 19.0. The normalized spacial score (nSPS) is 26.7. The lowest BCUT2D eigenvalue weighted by atomic mass is 9.84. The van der Waals surface area contributed by atoms with Gasteiger partial charge in [0.2, 0.25) is 11.8 Å². The second-order valence-corrected chi connectivity index (χ2v) is 10.2. The zero-order chi connectivity index (χ0) is 22.3. The van der Waals surface area contributed by atoms with Crippen LogP contribution in [0, 0.1) is 23.2 Å². The number of amides is 2. The second-order valence-electron chi connectivity index (χ2n) is 10.2. The Labute approximate surface area is 174 Å². The van der Waals surface area contributed by atoms with Gasteiger partial charge in [-0.05, 0) is 43.6 Å². The van der Waals surface area contributed by atoms with E-state index >= 15 is 0 Å². The highest BCUT2D eigenvalue weighted by Crippen LogP contribution is 2.49. The highest BCUT2D eigenvalue weighted by atomic mass is 16.4. The van der Waals surface area contributed by atoms with Crippen LogP contribution in [0.2, 0.25) is 0 Å². The summed E-state index contributed by atoms with van der Waals surface area (Å²) < 4.78 is 0. The summed E-state index contributed by atoms with van der Waals surface area (Å²) in [6, 6.07) is -1.23. The molecule has 1 heterocycles. The Bertz CT molecular complexity index is 693. The maximum absolute atomic E-state index is 13.4. The molecule has 1 aliphatic heterocycles. The van der Waals surface area contributed by atoms with E-state index in [1.165, 1.54) is 6.92 Å². The van der Waals surface area contributed by atoms with Gasteiger partial charge in [-0.3, -0.25) is 14.5 Å². The number of carboxylic acids is 1. The molecule has 0 aromatic carbocycles. The Balaban J connectivity index is 2.22. The number of hydrogen-bond donors (Lipinski definition) is 2. The third kappa shape index (κ3) is 5.18. The first-order valence-electron chi connectivity index (χ1n) is 10.4. The average molecular weight is 408 g/mol. The van der Waals surface area contributed by atoms with Crippen LogP contribution in [0.4, 0.5) is 0 Å². The number of likely N-dealkylation sites (tertiary alicyclic amines) is 1. The number of carbonyl (C=O) groups excluding carboxylic acids is 2. The van der Waals surface area contributed by atoms with E-state index in [0.29, 0.717) is 11.8 Å². The first kappa shape index (κ1) is 23.4. The average Bonchev–Trinajstić information content (AvgIpc) is 3.25. The first-order valence-corrected chi connectivity index (χ1v) is 10.4. The van der Waals surface area contributed by atoms with E-state index in [4.69, 9.17) is 0 Å². The van der Waals surface area contributed by atoms with Crippen LogP contribution < -0.4 is 5.32 Å². The summed E-state index contributed by atoms with van der Waals surface area (Å²) in [5.41, 5.74) is -0.277. The van der Waals surface area contributed by atoms with E-state index < -0.39 is 17.4 Å².